The first-order valence-electron chi connectivity index (χ1n) is 7.88. The van der Waals surface area contributed by atoms with Crippen LogP contribution < -0.4 is 10.5 Å². The van der Waals surface area contributed by atoms with Crippen molar-refractivity contribution in [1.82, 2.24) is 14.7 Å². The summed E-state index contributed by atoms with van der Waals surface area (Å²) in [4.78, 5) is 25.8. The molecule has 1 atom stereocenters. The fraction of sp³-hybridized carbons (Fsp3) is 0.353. The van der Waals surface area contributed by atoms with Crippen LogP contribution in [0.3, 0.4) is 0 Å². The van der Waals surface area contributed by atoms with Crippen molar-refractivity contribution in [1.29, 1.82) is 0 Å². The molecule has 2 aromatic rings. The molecule has 1 aromatic carbocycles. The summed E-state index contributed by atoms with van der Waals surface area (Å²) >= 11 is 0. The molecule has 126 valence electrons. The van der Waals surface area contributed by atoms with Crippen LogP contribution in [-0.2, 0) is 4.79 Å². The highest BCUT2D eigenvalue weighted by Crippen LogP contribution is 2.24. The Kier molecular flexibility index (Phi) is 4.50. The van der Waals surface area contributed by atoms with Crippen LogP contribution in [0.2, 0.25) is 0 Å². The highest BCUT2D eigenvalue weighted by molar-refractivity contribution is 5.95. The second kappa shape index (κ2) is 6.74. The highest BCUT2D eigenvalue weighted by atomic mass is 16.5. The molecule has 2 N–H and O–H groups in total. The van der Waals surface area contributed by atoms with E-state index in [-0.39, 0.29) is 23.4 Å². The van der Waals surface area contributed by atoms with Crippen molar-refractivity contribution in [3.05, 3.63) is 42.2 Å². The maximum Gasteiger partial charge on any atom is 0.278 e. The van der Waals surface area contributed by atoms with E-state index in [9.17, 15) is 9.59 Å². The number of nitrogens with zero attached hydrogens (tertiary/aromatic N) is 3. The topological polar surface area (TPSA) is 90.5 Å². The van der Waals surface area contributed by atoms with Crippen LogP contribution in [0.15, 0.2) is 36.5 Å². The summed E-state index contributed by atoms with van der Waals surface area (Å²) in [5.41, 5.74) is 6.46. The number of carbonyl (C=O) groups is 2. The number of carbonyl (C=O) groups excluding carboxylic acids is 2. The first kappa shape index (κ1) is 16.0. The lowest BCUT2D eigenvalue weighted by Crippen LogP contribution is -2.44. The first-order chi connectivity index (χ1) is 11.6. The van der Waals surface area contributed by atoms with Crippen molar-refractivity contribution >= 4 is 11.8 Å². The molecule has 2 amide bonds. The zero-order chi connectivity index (χ0) is 17.1. The Morgan fingerprint density at radius 3 is 2.71 bits per heavy atom. The third-order valence-corrected chi connectivity index (χ3v) is 4.23. The van der Waals surface area contributed by atoms with Crippen molar-refractivity contribution in [2.45, 2.75) is 12.8 Å². The van der Waals surface area contributed by atoms with E-state index in [2.05, 4.69) is 5.10 Å². The van der Waals surface area contributed by atoms with Gasteiger partial charge in [-0.25, -0.2) is 4.68 Å². The van der Waals surface area contributed by atoms with Gasteiger partial charge < -0.3 is 15.4 Å². The molecule has 0 saturated carbocycles. The molecule has 1 aliphatic heterocycles. The predicted octanol–water partition coefficient (Wildman–Crippen LogP) is 1.22. The molecule has 7 nitrogen and oxygen atoms in total. The first-order valence-corrected chi connectivity index (χ1v) is 7.88. The van der Waals surface area contributed by atoms with E-state index in [1.807, 2.05) is 30.3 Å². The average molecular weight is 328 g/mol. The van der Waals surface area contributed by atoms with E-state index in [1.54, 1.807) is 15.8 Å². The van der Waals surface area contributed by atoms with Gasteiger partial charge in [0.2, 0.25) is 5.91 Å². The number of piperidine rings is 1. The van der Waals surface area contributed by atoms with Crippen LogP contribution in [0, 0.1) is 5.92 Å². The minimum Gasteiger partial charge on any atom is -0.493 e. The molecule has 2 heterocycles. The van der Waals surface area contributed by atoms with E-state index >= 15 is 0 Å². The Morgan fingerprint density at radius 1 is 1.29 bits per heavy atom. The maximum atomic E-state index is 12.8. The molecule has 3 rings (SSSR count). The van der Waals surface area contributed by atoms with Gasteiger partial charge in [0.15, 0.2) is 11.4 Å². The monoisotopic (exact) mass is 328 g/mol. The van der Waals surface area contributed by atoms with E-state index in [0.717, 1.165) is 12.1 Å². The number of benzene rings is 1. The molecule has 0 radical (unpaired) electrons. The number of para-hydroxylation sites is 1. The van der Waals surface area contributed by atoms with Gasteiger partial charge in [0, 0.05) is 13.1 Å². The second-order valence-electron chi connectivity index (χ2n) is 5.82. The lowest BCUT2D eigenvalue weighted by atomic mass is 9.97. The largest absolute Gasteiger partial charge is 0.493 e. The van der Waals surface area contributed by atoms with Crippen molar-refractivity contribution in [2.75, 3.05) is 20.2 Å². The number of ether oxygens (including phenoxy) is 1. The summed E-state index contributed by atoms with van der Waals surface area (Å²) in [6.45, 7) is 0.916. The number of nitrogens with two attached hydrogens (primary N) is 1. The smallest absolute Gasteiger partial charge is 0.278 e. The van der Waals surface area contributed by atoms with Crippen molar-refractivity contribution in [3.63, 3.8) is 0 Å². The molecule has 0 aliphatic carbocycles. The molecule has 1 aromatic heterocycles. The molecular weight excluding hydrogens is 308 g/mol. The third-order valence-electron chi connectivity index (χ3n) is 4.23. The van der Waals surface area contributed by atoms with E-state index in [4.69, 9.17) is 10.5 Å². The Hall–Kier alpha value is -2.83. The second-order valence-corrected chi connectivity index (χ2v) is 5.82. The summed E-state index contributed by atoms with van der Waals surface area (Å²) in [7, 11) is 1.51. The van der Waals surface area contributed by atoms with Gasteiger partial charge >= 0.3 is 0 Å². The van der Waals surface area contributed by atoms with Gasteiger partial charge in [0.25, 0.3) is 5.91 Å². The highest BCUT2D eigenvalue weighted by Gasteiger charge is 2.30. The van der Waals surface area contributed by atoms with E-state index in [0.29, 0.717) is 25.3 Å². The molecule has 0 spiro atoms. The number of primary amides is 1. The molecule has 1 fully saturated rings. The summed E-state index contributed by atoms with van der Waals surface area (Å²) in [6, 6.07) is 9.49. The summed E-state index contributed by atoms with van der Waals surface area (Å²) in [5, 5.41) is 4.38. The summed E-state index contributed by atoms with van der Waals surface area (Å²) < 4.78 is 6.92. The quantitative estimate of drug-likeness (QED) is 0.913. The number of likely N-dealkylation sites (tertiary alicyclic amines) is 1. The molecular formula is C17H20N4O3. The predicted molar refractivity (Wildman–Crippen MR) is 87.9 cm³/mol. The van der Waals surface area contributed by atoms with Crippen molar-refractivity contribution in [3.8, 4) is 11.4 Å². The average Bonchev–Trinajstić information content (AvgIpc) is 3.06. The van der Waals surface area contributed by atoms with Crippen molar-refractivity contribution < 1.29 is 14.3 Å². The minimum absolute atomic E-state index is 0.242. The van der Waals surface area contributed by atoms with Crippen LogP contribution in [0.1, 0.15) is 23.3 Å². The SMILES string of the molecule is COc1cn(-c2ccccc2)nc1C(=O)N1CCCC(C(N)=O)C1. The minimum atomic E-state index is -0.366. The van der Waals surface area contributed by atoms with Crippen LogP contribution >= 0.6 is 0 Å². The zero-order valence-electron chi connectivity index (χ0n) is 13.5. The van der Waals surface area contributed by atoms with Gasteiger partial charge in [0.1, 0.15) is 0 Å². The number of aromatic nitrogens is 2. The Morgan fingerprint density at radius 2 is 2.04 bits per heavy atom. The molecule has 1 unspecified atom stereocenters. The fourth-order valence-electron chi connectivity index (χ4n) is 2.91. The van der Waals surface area contributed by atoms with E-state index < -0.39 is 0 Å². The molecule has 1 saturated heterocycles. The molecule has 1 aliphatic rings. The number of methoxy groups -OCH3 is 1. The Balaban J connectivity index is 1.87. The van der Waals surface area contributed by atoms with Gasteiger partial charge in [-0.2, -0.15) is 5.10 Å². The third kappa shape index (κ3) is 3.10. The van der Waals surface area contributed by atoms with Crippen LogP contribution in [-0.4, -0.2) is 46.7 Å². The number of rotatable bonds is 4. The fourth-order valence-corrected chi connectivity index (χ4v) is 2.91. The Labute approximate surface area is 140 Å². The van der Waals surface area contributed by atoms with Gasteiger partial charge in [0.05, 0.1) is 24.9 Å². The summed E-state index contributed by atoms with van der Waals surface area (Å²) in [5.74, 6) is -0.503. The molecule has 24 heavy (non-hydrogen) atoms. The van der Waals surface area contributed by atoms with Gasteiger partial charge in [-0.3, -0.25) is 9.59 Å². The van der Waals surface area contributed by atoms with E-state index in [1.165, 1.54) is 7.11 Å². The van der Waals surface area contributed by atoms with Crippen LogP contribution in [0.4, 0.5) is 0 Å². The molecule has 7 heteroatoms. The normalized spacial score (nSPS) is 17.5. The van der Waals surface area contributed by atoms with Crippen LogP contribution in [0.5, 0.6) is 5.75 Å². The number of hydrogen-bond acceptors (Lipinski definition) is 4. The maximum absolute atomic E-state index is 12.8. The lowest BCUT2D eigenvalue weighted by Gasteiger charge is -2.30. The van der Waals surface area contributed by atoms with Crippen LogP contribution in [0.25, 0.3) is 5.69 Å². The van der Waals surface area contributed by atoms with Gasteiger partial charge in [-0.05, 0) is 25.0 Å². The van der Waals surface area contributed by atoms with Gasteiger partial charge in [-0.15, -0.1) is 0 Å². The van der Waals surface area contributed by atoms with Gasteiger partial charge in [-0.1, -0.05) is 18.2 Å². The Bertz CT molecular complexity index is 742. The number of amides is 2. The summed E-state index contributed by atoms with van der Waals surface area (Å²) in [6.07, 6.45) is 3.15. The zero-order valence-corrected chi connectivity index (χ0v) is 13.5. The lowest BCUT2D eigenvalue weighted by molar-refractivity contribution is -0.123. The standard InChI is InChI=1S/C17H20N4O3/c1-24-14-11-21(13-7-3-2-4-8-13)19-15(14)17(23)20-9-5-6-12(10-20)16(18)22/h2-4,7-8,11-12H,5-6,9-10H2,1H3,(H2,18,22). The number of hydrogen-bond donors (Lipinski definition) is 1. The van der Waals surface area contributed by atoms with Crippen molar-refractivity contribution in [2.24, 2.45) is 11.7 Å². The molecule has 0 bridgehead atoms.